The standard InChI is InChI=1S/C11H10F2N2O3/c1-2-18-9(17)4-6-3-8(16)7(5-14)10(15-6)11(12)13/h3,11H,2,4H2,1H3,(H,15,16). The van der Waals surface area contributed by atoms with E-state index in [9.17, 15) is 18.4 Å². The third-order valence-electron chi connectivity index (χ3n) is 2.09. The van der Waals surface area contributed by atoms with Crippen molar-refractivity contribution in [2.45, 2.75) is 19.8 Å². The lowest BCUT2D eigenvalue weighted by molar-refractivity contribution is -0.142. The fraction of sp³-hybridized carbons (Fsp3) is 0.364. The molecule has 0 radical (unpaired) electrons. The van der Waals surface area contributed by atoms with Crippen LogP contribution in [0, 0.1) is 11.3 Å². The number of hydrogen-bond donors (Lipinski definition) is 1. The second kappa shape index (κ2) is 5.91. The number of esters is 1. The normalized spacial score (nSPS) is 10.2. The van der Waals surface area contributed by atoms with Gasteiger partial charge in [-0.1, -0.05) is 0 Å². The van der Waals surface area contributed by atoms with Crippen molar-refractivity contribution in [2.24, 2.45) is 0 Å². The quantitative estimate of drug-likeness (QED) is 0.823. The number of nitrogens with zero attached hydrogens (tertiary/aromatic N) is 1. The van der Waals surface area contributed by atoms with Gasteiger partial charge in [-0.05, 0) is 6.92 Å². The largest absolute Gasteiger partial charge is 0.466 e. The van der Waals surface area contributed by atoms with Crippen LogP contribution in [0.1, 0.15) is 30.3 Å². The minimum absolute atomic E-state index is 0.00671. The van der Waals surface area contributed by atoms with Crippen molar-refractivity contribution >= 4 is 5.97 Å². The van der Waals surface area contributed by atoms with E-state index >= 15 is 0 Å². The minimum Gasteiger partial charge on any atom is -0.466 e. The number of rotatable bonds is 4. The van der Waals surface area contributed by atoms with E-state index in [1.807, 2.05) is 0 Å². The molecule has 1 rings (SSSR count). The summed E-state index contributed by atoms with van der Waals surface area (Å²) in [6.45, 7) is 1.76. The number of aromatic nitrogens is 1. The van der Waals surface area contributed by atoms with Crippen molar-refractivity contribution in [3.05, 3.63) is 33.2 Å². The van der Waals surface area contributed by atoms with E-state index in [4.69, 9.17) is 5.26 Å². The maximum Gasteiger partial charge on any atom is 0.311 e. The van der Waals surface area contributed by atoms with Gasteiger partial charge in [0.15, 0.2) is 5.43 Å². The summed E-state index contributed by atoms with van der Waals surface area (Å²) < 4.78 is 29.9. The summed E-state index contributed by atoms with van der Waals surface area (Å²) in [6, 6.07) is 2.36. The third-order valence-corrected chi connectivity index (χ3v) is 2.09. The molecule has 0 aliphatic rings. The summed E-state index contributed by atoms with van der Waals surface area (Å²) in [4.78, 5) is 24.8. The molecule has 96 valence electrons. The Morgan fingerprint density at radius 3 is 2.78 bits per heavy atom. The first-order valence-electron chi connectivity index (χ1n) is 5.09. The zero-order valence-corrected chi connectivity index (χ0v) is 9.50. The molecule has 0 saturated heterocycles. The molecule has 5 nitrogen and oxygen atoms in total. The number of pyridine rings is 1. The third kappa shape index (κ3) is 3.13. The van der Waals surface area contributed by atoms with Gasteiger partial charge in [0.2, 0.25) is 0 Å². The number of hydrogen-bond acceptors (Lipinski definition) is 4. The smallest absolute Gasteiger partial charge is 0.311 e. The van der Waals surface area contributed by atoms with Gasteiger partial charge in [0.05, 0.1) is 13.0 Å². The second-order valence-corrected chi connectivity index (χ2v) is 3.34. The molecule has 1 aromatic rings. The number of aromatic amines is 1. The number of H-pyrrole nitrogens is 1. The van der Waals surface area contributed by atoms with Gasteiger partial charge >= 0.3 is 5.97 Å². The molecule has 1 aromatic heterocycles. The van der Waals surface area contributed by atoms with Crippen LogP contribution in [0.3, 0.4) is 0 Å². The molecule has 0 atom stereocenters. The molecule has 18 heavy (non-hydrogen) atoms. The molecule has 0 saturated carbocycles. The van der Waals surface area contributed by atoms with Gasteiger partial charge < -0.3 is 9.72 Å². The molecule has 1 heterocycles. The van der Waals surface area contributed by atoms with Gasteiger partial charge in [-0.15, -0.1) is 0 Å². The van der Waals surface area contributed by atoms with Crippen LogP contribution in [0.5, 0.6) is 0 Å². The molecule has 0 spiro atoms. The maximum atomic E-state index is 12.6. The number of ether oxygens (including phenoxy) is 1. The number of carbonyl (C=O) groups is 1. The van der Waals surface area contributed by atoms with Crippen molar-refractivity contribution in [2.75, 3.05) is 6.61 Å². The summed E-state index contributed by atoms with van der Waals surface area (Å²) in [5.74, 6) is -0.641. The van der Waals surface area contributed by atoms with Crippen molar-refractivity contribution in [1.82, 2.24) is 4.98 Å². The number of carbonyl (C=O) groups excluding carboxylic acids is 1. The summed E-state index contributed by atoms with van der Waals surface area (Å²) >= 11 is 0. The van der Waals surface area contributed by atoms with Crippen LogP contribution >= 0.6 is 0 Å². The Bertz CT molecular complexity index is 546. The van der Waals surface area contributed by atoms with Crippen LogP contribution < -0.4 is 5.43 Å². The lowest BCUT2D eigenvalue weighted by Gasteiger charge is -2.07. The minimum atomic E-state index is -2.99. The lowest BCUT2D eigenvalue weighted by atomic mass is 10.1. The van der Waals surface area contributed by atoms with Crippen LogP contribution in [0.2, 0.25) is 0 Å². The Kier molecular flexibility index (Phi) is 4.54. The van der Waals surface area contributed by atoms with E-state index in [0.29, 0.717) is 0 Å². The Morgan fingerprint density at radius 1 is 1.61 bits per heavy atom. The van der Waals surface area contributed by atoms with Crippen molar-refractivity contribution in [3.8, 4) is 6.07 Å². The van der Waals surface area contributed by atoms with Crippen LogP contribution in [-0.4, -0.2) is 17.6 Å². The monoisotopic (exact) mass is 256 g/mol. The maximum absolute atomic E-state index is 12.6. The van der Waals surface area contributed by atoms with Gasteiger partial charge in [0.25, 0.3) is 6.43 Å². The summed E-state index contributed by atoms with van der Waals surface area (Å²) in [7, 11) is 0. The van der Waals surface area contributed by atoms with Crippen molar-refractivity contribution < 1.29 is 18.3 Å². The number of nitriles is 1. The van der Waals surface area contributed by atoms with Gasteiger partial charge in [-0.2, -0.15) is 5.26 Å². The van der Waals surface area contributed by atoms with E-state index in [-0.39, 0.29) is 18.7 Å². The Hall–Kier alpha value is -2.23. The Balaban J connectivity index is 3.14. The predicted octanol–water partition coefficient (Wildman–Crippen LogP) is 1.29. The van der Waals surface area contributed by atoms with E-state index in [2.05, 4.69) is 9.72 Å². The Labute approximate surface area is 101 Å². The molecule has 1 N–H and O–H groups in total. The molecule has 0 aliphatic heterocycles. The van der Waals surface area contributed by atoms with Crippen molar-refractivity contribution in [1.29, 1.82) is 5.26 Å². The average Bonchev–Trinajstić information content (AvgIpc) is 2.28. The highest BCUT2D eigenvalue weighted by molar-refractivity contribution is 5.72. The fourth-order valence-electron chi connectivity index (χ4n) is 1.38. The number of nitrogens with one attached hydrogen (secondary N) is 1. The van der Waals surface area contributed by atoms with E-state index in [0.717, 1.165) is 6.07 Å². The molecular weight excluding hydrogens is 246 g/mol. The molecule has 0 aromatic carbocycles. The summed E-state index contributed by atoms with van der Waals surface area (Å²) in [5.41, 5.74) is -2.26. The molecule has 0 unspecified atom stereocenters. The van der Waals surface area contributed by atoms with Gasteiger partial charge in [0, 0.05) is 11.8 Å². The van der Waals surface area contributed by atoms with Crippen LogP contribution in [0.25, 0.3) is 0 Å². The van der Waals surface area contributed by atoms with E-state index < -0.39 is 29.1 Å². The first kappa shape index (κ1) is 13.8. The van der Waals surface area contributed by atoms with Crippen LogP contribution in [0.4, 0.5) is 8.78 Å². The first-order valence-corrected chi connectivity index (χ1v) is 5.09. The highest BCUT2D eigenvalue weighted by atomic mass is 19.3. The molecule has 0 bridgehead atoms. The van der Waals surface area contributed by atoms with Crippen LogP contribution in [0.15, 0.2) is 10.9 Å². The van der Waals surface area contributed by atoms with E-state index in [1.54, 1.807) is 6.92 Å². The van der Waals surface area contributed by atoms with Gasteiger partial charge in [0.1, 0.15) is 17.3 Å². The fourth-order valence-corrected chi connectivity index (χ4v) is 1.38. The summed E-state index contributed by atoms with van der Waals surface area (Å²) in [6.07, 6.45) is -3.32. The first-order chi connectivity index (χ1) is 8.49. The molecular formula is C11H10F2N2O3. The van der Waals surface area contributed by atoms with Crippen LogP contribution in [-0.2, 0) is 16.0 Å². The second-order valence-electron chi connectivity index (χ2n) is 3.34. The zero-order valence-electron chi connectivity index (χ0n) is 9.50. The van der Waals surface area contributed by atoms with Gasteiger partial charge in [-0.25, -0.2) is 8.78 Å². The molecule has 0 aliphatic carbocycles. The van der Waals surface area contributed by atoms with Crippen molar-refractivity contribution in [3.63, 3.8) is 0 Å². The lowest BCUT2D eigenvalue weighted by Crippen LogP contribution is -2.17. The molecule has 7 heteroatoms. The topological polar surface area (TPSA) is 82.9 Å². The average molecular weight is 256 g/mol. The molecule has 0 fully saturated rings. The zero-order chi connectivity index (χ0) is 13.7. The highest BCUT2D eigenvalue weighted by Gasteiger charge is 2.18. The van der Waals surface area contributed by atoms with Gasteiger partial charge in [-0.3, -0.25) is 9.59 Å². The predicted molar refractivity (Wildman–Crippen MR) is 57.1 cm³/mol. The number of halogens is 2. The summed E-state index contributed by atoms with van der Waals surface area (Å²) in [5, 5.41) is 8.61. The highest BCUT2D eigenvalue weighted by Crippen LogP contribution is 2.18. The molecule has 0 amide bonds. The number of alkyl halides is 2. The van der Waals surface area contributed by atoms with E-state index in [1.165, 1.54) is 6.07 Å². The SMILES string of the molecule is CCOC(=O)Cc1cc(=O)c(C#N)c(C(F)F)[nH]1. The Morgan fingerprint density at radius 2 is 2.28 bits per heavy atom.